The van der Waals surface area contributed by atoms with Gasteiger partial charge in [0.05, 0.1) is 6.04 Å². The average Bonchev–Trinajstić information content (AvgIpc) is 2.80. The van der Waals surface area contributed by atoms with Gasteiger partial charge in [0.25, 0.3) is 0 Å². The molecule has 1 amide bonds. The number of nitrogens with one attached hydrogen (secondary N) is 2. The number of carbonyl (C=O) groups is 1. The highest BCUT2D eigenvalue weighted by atomic mass is 16.2. The zero-order valence-corrected chi connectivity index (χ0v) is 20.2. The molecule has 1 aromatic carbocycles. The Balaban J connectivity index is 1.40. The summed E-state index contributed by atoms with van der Waals surface area (Å²) in [6, 6.07) is 11.0. The van der Waals surface area contributed by atoms with Crippen molar-refractivity contribution in [1.29, 1.82) is 0 Å². The van der Waals surface area contributed by atoms with Crippen molar-refractivity contribution in [3.05, 3.63) is 35.9 Å². The molecule has 1 aromatic rings. The molecule has 2 N–H and O–H groups in total. The first-order chi connectivity index (χ1) is 15.7. The molecule has 1 unspecified atom stereocenters. The van der Waals surface area contributed by atoms with Gasteiger partial charge in [0.2, 0.25) is 5.91 Å². The number of piperazine rings is 1. The fraction of sp³-hybridized carbons (Fsp3) is 0.680. The number of rotatable bonds is 10. The summed E-state index contributed by atoms with van der Waals surface area (Å²) in [6.07, 6.45) is 3.40. The van der Waals surface area contributed by atoms with E-state index >= 15 is 0 Å². The highest BCUT2D eigenvalue weighted by Gasteiger charge is 2.31. The Kier molecular flexibility index (Phi) is 9.81. The molecular weight excluding hydrogens is 400 g/mol. The lowest BCUT2D eigenvalue weighted by molar-refractivity contribution is -0.139. The summed E-state index contributed by atoms with van der Waals surface area (Å²) in [5.41, 5.74) is 1.33. The van der Waals surface area contributed by atoms with E-state index in [1.54, 1.807) is 0 Å². The third-order valence-electron chi connectivity index (χ3n) is 6.98. The van der Waals surface area contributed by atoms with Gasteiger partial charge in [-0.3, -0.25) is 19.6 Å². The third kappa shape index (κ3) is 6.69. The van der Waals surface area contributed by atoms with Crippen LogP contribution >= 0.6 is 0 Å². The van der Waals surface area contributed by atoms with Gasteiger partial charge in [0.15, 0.2) is 5.96 Å². The highest BCUT2D eigenvalue weighted by molar-refractivity contribution is 5.80. The van der Waals surface area contributed by atoms with Gasteiger partial charge in [-0.05, 0) is 31.5 Å². The number of hydrogen-bond donors (Lipinski definition) is 2. The van der Waals surface area contributed by atoms with Gasteiger partial charge in [0, 0.05) is 58.8 Å². The Hall–Kier alpha value is -2.12. The Morgan fingerprint density at radius 1 is 1.09 bits per heavy atom. The van der Waals surface area contributed by atoms with Crippen LogP contribution in [0.3, 0.4) is 0 Å². The molecule has 3 rings (SSSR count). The number of hydrogen-bond acceptors (Lipinski definition) is 4. The number of guanidine groups is 1. The van der Waals surface area contributed by atoms with E-state index in [1.165, 1.54) is 12.0 Å². The summed E-state index contributed by atoms with van der Waals surface area (Å²) >= 11 is 0. The molecule has 0 spiro atoms. The van der Waals surface area contributed by atoms with E-state index in [0.29, 0.717) is 17.9 Å². The summed E-state index contributed by atoms with van der Waals surface area (Å²) in [5.74, 6) is 1.55. The average molecular weight is 443 g/mol. The van der Waals surface area contributed by atoms with Crippen LogP contribution in [0.15, 0.2) is 35.3 Å². The maximum atomic E-state index is 12.4. The molecule has 7 heteroatoms. The van der Waals surface area contributed by atoms with Gasteiger partial charge in [-0.25, -0.2) is 0 Å². The second kappa shape index (κ2) is 12.8. The molecule has 32 heavy (non-hydrogen) atoms. The van der Waals surface area contributed by atoms with Crippen LogP contribution in [0.25, 0.3) is 0 Å². The molecule has 1 saturated carbocycles. The summed E-state index contributed by atoms with van der Waals surface area (Å²) in [4.78, 5) is 23.8. The smallest absolute Gasteiger partial charge is 0.225 e. The number of amides is 1. The Morgan fingerprint density at radius 3 is 2.34 bits per heavy atom. The molecule has 1 saturated heterocycles. The molecule has 0 aromatic heterocycles. The molecule has 1 atom stereocenters. The van der Waals surface area contributed by atoms with Gasteiger partial charge < -0.3 is 15.5 Å². The minimum atomic E-state index is 0.311. The second-order valence-corrected chi connectivity index (χ2v) is 8.82. The van der Waals surface area contributed by atoms with Crippen molar-refractivity contribution in [2.45, 2.75) is 39.2 Å². The summed E-state index contributed by atoms with van der Waals surface area (Å²) in [6.45, 7) is 12.7. The monoisotopic (exact) mass is 442 g/mol. The van der Waals surface area contributed by atoms with Crippen molar-refractivity contribution in [3.63, 3.8) is 0 Å². The van der Waals surface area contributed by atoms with Crippen molar-refractivity contribution in [2.75, 3.05) is 66.0 Å². The minimum Gasteiger partial charge on any atom is -0.355 e. The molecule has 1 aliphatic heterocycles. The number of benzene rings is 1. The van der Waals surface area contributed by atoms with Crippen molar-refractivity contribution >= 4 is 11.9 Å². The number of carbonyl (C=O) groups excluding carboxylic acids is 1. The van der Waals surface area contributed by atoms with Crippen LogP contribution < -0.4 is 10.6 Å². The van der Waals surface area contributed by atoms with Crippen LogP contribution in [0, 0.1) is 5.92 Å². The van der Waals surface area contributed by atoms with Crippen LogP contribution in [-0.4, -0.2) is 92.5 Å². The standard InChI is InChI=1S/C25H42N6O/c1-4-30(5-2)23(21-10-7-6-8-11-21)20-28-25(26-3)27-14-15-29-16-18-31(19-17-29)24(32)22-12-9-13-22/h6-8,10-11,22-23H,4-5,9,12-20H2,1-3H3,(H2,26,27,28). The third-order valence-corrected chi connectivity index (χ3v) is 6.98. The molecular formula is C25H42N6O. The van der Waals surface area contributed by atoms with Crippen molar-refractivity contribution < 1.29 is 4.79 Å². The minimum absolute atomic E-state index is 0.311. The zero-order valence-electron chi connectivity index (χ0n) is 20.2. The molecule has 0 bridgehead atoms. The Bertz CT molecular complexity index is 708. The van der Waals surface area contributed by atoms with E-state index in [4.69, 9.17) is 0 Å². The van der Waals surface area contributed by atoms with Gasteiger partial charge in [-0.2, -0.15) is 0 Å². The van der Waals surface area contributed by atoms with Gasteiger partial charge in [0.1, 0.15) is 0 Å². The fourth-order valence-corrected chi connectivity index (χ4v) is 4.65. The maximum absolute atomic E-state index is 12.4. The largest absolute Gasteiger partial charge is 0.355 e. The summed E-state index contributed by atoms with van der Waals surface area (Å²) in [5, 5.41) is 7.00. The normalized spacial score (nSPS) is 19.0. The predicted octanol–water partition coefficient (Wildman–Crippen LogP) is 2.18. The Morgan fingerprint density at radius 2 is 1.78 bits per heavy atom. The quantitative estimate of drug-likeness (QED) is 0.430. The molecule has 0 radical (unpaired) electrons. The highest BCUT2D eigenvalue weighted by Crippen LogP contribution is 2.28. The number of likely N-dealkylation sites (N-methyl/N-ethyl adjacent to an activating group) is 1. The van der Waals surface area contributed by atoms with Crippen LogP contribution in [0.2, 0.25) is 0 Å². The van der Waals surface area contributed by atoms with Crippen LogP contribution in [0.4, 0.5) is 0 Å². The van der Waals surface area contributed by atoms with Gasteiger partial charge in [-0.15, -0.1) is 0 Å². The molecule has 2 aliphatic rings. The number of aliphatic imine (C=N–C) groups is 1. The number of nitrogens with zero attached hydrogens (tertiary/aromatic N) is 4. The van der Waals surface area contributed by atoms with Gasteiger partial charge >= 0.3 is 0 Å². The topological polar surface area (TPSA) is 63.2 Å². The van der Waals surface area contributed by atoms with Crippen LogP contribution in [0.1, 0.15) is 44.7 Å². The van der Waals surface area contributed by atoms with Crippen molar-refractivity contribution in [3.8, 4) is 0 Å². The van der Waals surface area contributed by atoms with E-state index in [0.717, 1.165) is 77.7 Å². The fourth-order valence-electron chi connectivity index (χ4n) is 4.65. The Labute approximate surface area is 194 Å². The lowest BCUT2D eigenvalue weighted by Crippen LogP contribution is -2.52. The summed E-state index contributed by atoms with van der Waals surface area (Å²) < 4.78 is 0. The first-order valence-corrected chi connectivity index (χ1v) is 12.4. The van der Waals surface area contributed by atoms with E-state index in [-0.39, 0.29) is 0 Å². The molecule has 1 aliphatic carbocycles. The van der Waals surface area contributed by atoms with Crippen molar-refractivity contribution in [2.24, 2.45) is 10.9 Å². The zero-order chi connectivity index (χ0) is 22.8. The van der Waals surface area contributed by atoms with Gasteiger partial charge in [-0.1, -0.05) is 50.6 Å². The molecule has 178 valence electrons. The SMILES string of the molecule is CCN(CC)C(CNC(=NC)NCCN1CCN(C(=O)C2CCC2)CC1)c1ccccc1. The summed E-state index contributed by atoms with van der Waals surface area (Å²) in [7, 11) is 1.83. The first kappa shape index (κ1) is 24.5. The first-order valence-electron chi connectivity index (χ1n) is 12.4. The predicted molar refractivity (Wildman–Crippen MR) is 132 cm³/mol. The molecule has 2 fully saturated rings. The van der Waals surface area contributed by atoms with Crippen molar-refractivity contribution in [1.82, 2.24) is 25.3 Å². The molecule has 1 heterocycles. The van der Waals surface area contributed by atoms with Crippen LogP contribution in [-0.2, 0) is 4.79 Å². The van der Waals surface area contributed by atoms with E-state index in [9.17, 15) is 4.79 Å². The lowest BCUT2D eigenvalue weighted by Gasteiger charge is -2.38. The second-order valence-electron chi connectivity index (χ2n) is 8.82. The maximum Gasteiger partial charge on any atom is 0.225 e. The van der Waals surface area contributed by atoms with E-state index < -0.39 is 0 Å². The van der Waals surface area contributed by atoms with E-state index in [2.05, 4.69) is 74.5 Å². The van der Waals surface area contributed by atoms with E-state index in [1.807, 2.05) is 7.05 Å². The molecule has 7 nitrogen and oxygen atoms in total. The van der Waals surface area contributed by atoms with Crippen LogP contribution in [0.5, 0.6) is 0 Å². The lowest BCUT2D eigenvalue weighted by atomic mass is 9.84.